The number of amides is 1. The minimum Gasteiger partial charge on any atom is -0.454 e. The molecule has 0 bridgehead atoms. The molecule has 1 aliphatic heterocycles. The maximum Gasteiger partial charge on any atom is 0.335 e. The van der Waals surface area contributed by atoms with Gasteiger partial charge in [-0.25, -0.2) is 4.79 Å². The van der Waals surface area contributed by atoms with E-state index in [1.54, 1.807) is 17.9 Å². The third kappa shape index (κ3) is 4.18. The van der Waals surface area contributed by atoms with Gasteiger partial charge in [-0.3, -0.25) is 4.79 Å². The predicted octanol–water partition coefficient (Wildman–Crippen LogP) is 1.71. The number of carbonyl (C=O) groups is 2. The maximum absolute atomic E-state index is 12.1. The van der Waals surface area contributed by atoms with Gasteiger partial charge in [0.2, 0.25) is 0 Å². The lowest BCUT2D eigenvalue weighted by Crippen LogP contribution is -2.39. The molecule has 0 aliphatic carbocycles. The van der Waals surface area contributed by atoms with Crippen molar-refractivity contribution in [2.75, 3.05) is 19.8 Å². The van der Waals surface area contributed by atoms with Gasteiger partial charge in [-0.05, 0) is 24.5 Å². The van der Waals surface area contributed by atoms with Gasteiger partial charge in [-0.2, -0.15) is 0 Å². The Balaban J connectivity index is 1.81. The topological polar surface area (TPSA) is 55.8 Å². The normalized spacial score (nSPS) is 14.9. The second-order valence-electron chi connectivity index (χ2n) is 5.21. The van der Waals surface area contributed by atoms with Crippen LogP contribution in [0.15, 0.2) is 36.9 Å². The molecule has 1 heterocycles. The Labute approximate surface area is 130 Å². The Morgan fingerprint density at radius 3 is 2.82 bits per heavy atom. The Hall–Kier alpha value is -2.14. The lowest BCUT2D eigenvalue weighted by Gasteiger charge is -2.28. The number of benzene rings is 1. The van der Waals surface area contributed by atoms with Gasteiger partial charge < -0.3 is 14.4 Å². The van der Waals surface area contributed by atoms with Gasteiger partial charge in [0.15, 0.2) is 12.7 Å². The van der Waals surface area contributed by atoms with Gasteiger partial charge in [-0.15, -0.1) is 6.58 Å². The Morgan fingerprint density at radius 2 is 2.09 bits per heavy atom. The van der Waals surface area contributed by atoms with Gasteiger partial charge in [0.1, 0.15) is 0 Å². The molecule has 5 nitrogen and oxygen atoms in total. The van der Waals surface area contributed by atoms with Crippen molar-refractivity contribution in [2.24, 2.45) is 0 Å². The zero-order valence-corrected chi connectivity index (χ0v) is 12.8. The first-order chi connectivity index (χ1) is 10.6. The van der Waals surface area contributed by atoms with Crippen LogP contribution >= 0.6 is 0 Å². The number of ether oxygens (including phenoxy) is 2. The Kier molecular flexibility index (Phi) is 5.72. The smallest absolute Gasteiger partial charge is 0.335 e. The summed E-state index contributed by atoms with van der Waals surface area (Å²) in [6.45, 7) is 6.34. The summed E-state index contributed by atoms with van der Waals surface area (Å²) in [5.41, 5.74) is 2.42. The van der Waals surface area contributed by atoms with Crippen LogP contribution in [0.4, 0.5) is 0 Å². The fraction of sp³-hybridized carbons (Fsp3) is 0.412. The molecule has 1 aromatic carbocycles. The van der Waals surface area contributed by atoms with Crippen LogP contribution in [0.2, 0.25) is 0 Å². The SMILES string of the molecule is C=CCOC(C)C(=O)OCC(=O)N1CCc2ccccc2C1. The largest absolute Gasteiger partial charge is 0.454 e. The summed E-state index contributed by atoms with van der Waals surface area (Å²) in [6.07, 6.45) is 1.68. The molecule has 0 fully saturated rings. The first-order valence-corrected chi connectivity index (χ1v) is 7.35. The second-order valence-corrected chi connectivity index (χ2v) is 5.21. The van der Waals surface area contributed by atoms with Crippen LogP contribution < -0.4 is 0 Å². The lowest BCUT2D eigenvalue weighted by atomic mass is 10.00. The van der Waals surface area contributed by atoms with Crippen molar-refractivity contribution in [2.45, 2.75) is 26.0 Å². The average molecular weight is 303 g/mol. The molecule has 0 aromatic heterocycles. The second kappa shape index (κ2) is 7.75. The van der Waals surface area contributed by atoms with Crippen molar-refractivity contribution in [1.82, 2.24) is 4.90 Å². The van der Waals surface area contributed by atoms with Crippen LogP contribution in [0, 0.1) is 0 Å². The fourth-order valence-corrected chi connectivity index (χ4v) is 2.33. The first-order valence-electron chi connectivity index (χ1n) is 7.35. The first kappa shape index (κ1) is 16.2. The van der Waals surface area contributed by atoms with Gasteiger partial charge >= 0.3 is 5.97 Å². The molecule has 0 spiro atoms. The number of carbonyl (C=O) groups excluding carboxylic acids is 2. The minimum absolute atomic E-state index is 0.182. The third-order valence-electron chi connectivity index (χ3n) is 3.62. The number of fused-ring (bicyclic) bond motifs is 1. The van der Waals surface area contributed by atoms with Crippen LogP contribution in [0.1, 0.15) is 18.1 Å². The van der Waals surface area contributed by atoms with E-state index in [1.807, 2.05) is 18.2 Å². The van der Waals surface area contributed by atoms with E-state index in [9.17, 15) is 9.59 Å². The summed E-state index contributed by atoms with van der Waals surface area (Å²) in [7, 11) is 0. The maximum atomic E-state index is 12.1. The highest BCUT2D eigenvalue weighted by molar-refractivity contribution is 5.82. The van der Waals surface area contributed by atoms with E-state index in [1.165, 1.54) is 5.56 Å². The van der Waals surface area contributed by atoms with Gasteiger partial charge in [-0.1, -0.05) is 30.3 Å². The van der Waals surface area contributed by atoms with Crippen molar-refractivity contribution in [3.8, 4) is 0 Å². The molecule has 1 unspecified atom stereocenters. The van der Waals surface area contributed by atoms with Gasteiger partial charge in [0, 0.05) is 13.1 Å². The van der Waals surface area contributed by atoms with Gasteiger partial charge in [0.05, 0.1) is 6.61 Å². The van der Waals surface area contributed by atoms with E-state index in [-0.39, 0.29) is 19.1 Å². The molecule has 0 radical (unpaired) electrons. The quantitative estimate of drug-likeness (QED) is 0.593. The molecule has 22 heavy (non-hydrogen) atoms. The fourth-order valence-electron chi connectivity index (χ4n) is 2.33. The number of hydrogen-bond acceptors (Lipinski definition) is 4. The molecule has 118 valence electrons. The molecule has 1 aromatic rings. The molecular formula is C17H21NO4. The standard InChI is InChI=1S/C17H21NO4/c1-3-10-21-13(2)17(20)22-12-16(19)18-9-8-14-6-4-5-7-15(14)11-18/h3-7,13H,1,8-12H2,2H3. The molecule has 1 amide bonds. The highest BCUT2D eigenvalue weighted by atomic mass is 16.6. The molecule has 1 atom stereocenters. The molecular weight excluding hydrogens is 282 g/mol. The van der Waals surface area contributed by atoms with E-state index in [0.29, 0.717) is 13.1 Å². The van der Waals surface area contributed by atoms with Crippen LogP contribution in [0.5, 0.6) is 0 Å². The summed E-state index contributed by atoms with van der Waals surface area (Å²) in [5, 5.41) is 0. The molecule has 1 aliphatic rings. The van der Waals surface area contributed by atoms with E-state index in [4.69, 9.17) is 9.47 Å². The molecule has 0 saturated carbocycles. The summed E-state index contributed by atoms with van der Waals surface area (Å²) in [6, 6.07) is 8.07. The van der Waals surface area contributed by atoms with Crippen LogP contribution in [-0.2, 0) is 32.0 Å². The van der Waals surface area contributed by atoms with Crippen LogP contribution in [-0.4, -0.2) is 42.6 Å². The van der Waals surface area contributed by atoms with E-state index < -0.39 is 12.1 Å². The summed E-state index contributed by atoms with van der Waals surface area (Å²) >= 11 is 0. The predicted molar refractivity (Wildman–Crippen MR) is 82.1 cm³/mol. The number of rotatable bonds is 6. The zero-order chi connectivity index (χ0) is 15.9. The minimum atomic E-state index is -0.701. The third-order valence-corrected chi connectivity index (χ3v) is 3.62. The number of hydrogen-bond donors (Lipinski definition) is 0. The van der Waals surface area contributed by atoms with E-state index in [0.717, 1.165) is 12.0 Å². The van der Waals surface area contributed by atoms with Crippen molar-refractivity contribution < 1.29 is 19.1 Å². The van der Waals surface area contributed by atoms with Gasteiger partial charge in [0.25, 0.3) is 5.91 Å². The zero-order valence-electron chi connectivity index (χ0n) is 12.8. The summed E-state index contributed by atoms with van der Waals surface area (Å²) < 4.78 is 10.2. The van der Waals surface area contributed by atoms with Crippen molar-refractivity contribution in [3.05, 3.63) is 48.0 Å². The highest BCUT2D eigenvalue weighted by Gasteiger charge is 2.22. The summed E-state index contributed by atoms with van der Waals surface area (Å²) in [4.78, 5) is 25.5. The molecule has 0 saturated heterocycles. The van der Waals surface area contributed by atoms with Crippen LogP contribution in [0.3, 0.4) is 0 Å². The van der Waals surface area contributed by atoms with Crippen LogP contribution in [0.25, 0.3) is 0 Å². The average Bonchev–Trinajstić information content (AvgIpc) is 2.56. The number of esters is 1. The lowest BCUT2D eigenvalue weighted by molar-refractivity contribution is -0.160. The van der Waals surface area contributed by atoms with E-state index in [2.05, 4.69) is 12.6 Å². The van der Waals surface area contributed by atoms with Crippen molar-refractivity contribution in [1.29, 1.82) is 0 Å². The Morgan fingerprint density at radius 1 is 1.36 bits per heavy atom. The molecule has 2 rings (SSSR count). The van der Waals surface area contributed by atoms with Crippen molar-refractivity contribution >= 4 is 11.9 Å². The Bertz CT molecular complexity index is 555. The van der Waals surface area contributed by atoms with Crippen molar-refractivity contribution in [3.63, 3.8) is 0 Å². The number of nitrogens with zero attached hydrogens (tertiary/aromatic N) is 1. The molecule has 0 N–H and O–H groups in total. The highest BCUT2D eigenvalue weighted by Crippen LogP contribution is 2.18. The van der Waals surface area contributed by atoms with E-state index >= 15 is 0 Å². The molecule has 5 heteroatoms. The summed E-state index contributed by atoms with van der Waals surface area (Å²) in [5.74, 6) is -0.716. The monoisotopic (exact) mass is 303 g/mol.